The molecule has 1 N–H and O–H groups in total. The summed E-state index contributed by atoms with van der Waals surface area (Å²) in [6.07, 6.45) is 4.33. The van der Waals surface area contributed by atoms with E-state index in [1.54, 1.807) is 45.4 Å². The molecule has 1 amide bonds. The van der Waals surface area contributed by atoms with E-state index in [4.69, 9.17) is 0 Å². The molecule has 1 aromatic carbocycles. The summed E-state index contributed by atoms with van der Waals surface area (Å²) in [7, 11) is -5.96. The fourth-order valence-electron chi connectivity index (χ4n) is 3.79. The Morgan fingerprint density at radius 3 is 2.62 bits per heavy atom. The Balaban J connectivity index is 1.59. The number of fused-ring (bicyclic) bond motifs is 1. The third-order valence-corrected chi connectivity index (χ3v) is 7.56. The predicted octanol–water partition coefficient (Wildman–Crippen LogP) is 4.70. The summed E-state index contributed by atoms with van der Waals surface area (Å²) in [4.78, 5) is 17.6. The molecule has 0 bridgehead atoms. The van der Waals surface area contributed by atoms with Gasteiger partial charge in [0.15, 0.2) is 0 Å². The monoisotopic (exact) mass is 549 g/mol. The normalized spacial score (nSPS) is 14.4. The van der Waals surface area contributed by atoms with Crippen molar-refractivity contribution in [1.29, 1.82) is 0 Å². The molecule has 0 spiro atoms. The van der Waals surface area contributed by atoms with Crippen molar-refractivity contribution in [3.8, 4) is 17.1 Å². The Morgan fingerprint density at radius 1 is 1.22 bits per heavy atom. The molecule has 14 heteroatoms. The number of para-hydroxylation sites is 1. The van der Waals surface area contributed by atoms with Gasteiger partial charge in [-0.25, -0.2) is 4.98 Å². The number of aromatic nitrogens is 3. The highest BCUT2D eigenvalue weighted by Gasteiger charge is 2.49. The van der Waals surface area contributed by atoms with Gasteiger partial charge >= 0.3 is 15.6 Å². The lowest BCUT2D eigenvalue weighted by Gasteiger charge is -2.38. The zero-order valence-electron chi connectivity index (χ0n) is 18.8. The van der Waals surface area contributed by atoms with Crippen LogP contribution in [0.25, 0.3) is 21.3 Å². The highest BCUT2D eigenvalue weighted by atomic mass is 32.2. The first-order valence-electron chi connectivity index (χ1n) is 10.8. The number of halogens is 3. The maximum atomic E-state index is 13.1. The second-order valence-electron chi connectivity index (χ2n) is 8.09. The molecule has 0 atom stereocenters. The topological polar surface area (TPSA) is 106 Å². The Labute approximate surface area is 212 Å². The van der Waals surface area contributed by atoms with Crippen LogP contribution in [0.5, 0.6) is 5.88 Å². The van der Waals surface area contributed by atoms with Crippen LogP contribution < -0.4 is 9.50 Å². The molecule has 5 rings (SSSR count). The third kappa shape index (κ3) is 4.64. The number of amides is 1. The van der Waals surface area contributed by atoms with Crippen LogP contribution in [0.15, 0.2) is 66.8 Å². The van der Waals surface area contributed by atoms with Gasteiger partial charge in [-0.15, -0.1) is 11.3 Å². The van der Waals surface area contributed by atoms with E-state index in [2.05, 4.69) is 26.2 Å². The molecule has 1 saturated heterocycles. The number of hydrogen-bond acceptors (Lipinski definition) is 8. The molecule has 4 aromatic rings. The van der Waals surface area contributed by atoms with Crippen molar-refractivity contribution in [2.45, 2.75) is 11.6 Å². The number of carbonyl (C=O) groups is 1. The molecule has 0 unspecified atom stereocenters. The van der Waals surface area contributed by atoms with Crippen molar-refractivity contribution in [2.75, 3.05) is 18.4 Å². The largest absolute Gasteiger partial charge is 0.534 e. The minimum absolute atomic E-state index is 0.102. The van der Waals surface area contributed by atoms with Gasteiger partial charge in [0.05, 0.1) is 28.0 Å². The highest BCUT2D eigenvalue weighted by Crippen LogP contribution is 2.43. The van der Waals surface area contributed by atoms with Crippen molar-refractivity contribution < 1.29 is 30.6 Å². The van der Waals surface area contributed by atoms with E-state index in [1.165, 1.54) is 29.7 Å². The standard InChI is InChI=1S/C23H18F3N5O4S2/c1-2-18(32)30-12-16(13-30)31-11-14(10-27-31)19-20(28-15-6-4-3-5-7-15)21-17(8-9-36-21)22(29-19)35-37(33,34)23(24,25)26/h2-11,16,28H,1,12-13H2. The summed E-state index contributed by atoms with van der Waals surface area (Å²) in [5, 5.41) is 9.28. The lowest BCUT2D eigenvalue weighted by atomic mass is 10.1. The first kappa shape index (κ1) is 24.8. The van der Waals surface area contributed by atoms with Crippen LogP contribution in [0, 0.1) is 0 Å². The van der Waals surface area contributed by atoms with Gasteiger partial charge in [-0.3, -0.25) is 9.48 Å². The number of pyridine rings is 1. The van der Waals surface area contributed by atoms with Gasteiger partial charge in [0.25, 0.3) is 0 Å². The average molecular weight is 550 g/mol. The van der Waals surface area contributed by atoms with E-state index in [-0.39, 0.29) is 23.0 Å². The first-order valence-corrected chi connectivity index (χ1v) is 13.1. The van der Waals surface area contributed by atoms with E-state index in [9.17, 15) is 26.4 Å². The van der Waals surface area contributed by atoms with Crippen LogP contribution in [0.4, 0.5) is 24.5 Å². The third-order valence-electron chi connectivity index (χ3n) is 5.69. The molecule has 4 heterocycles. The SMILES string of the molecule is C=CC(=O)N1CC(n2cc(-c3nc(OS(=O)(=O)C(F)(F)F)c4ccsc4c3Nc3ccccc3)cn2)C1. The van der Waals surface area contributed by atoms with Crippen molar-refractivity contribution in [2.24, 2.45) is 0 Å². The van der Waals surface area contributed by atoms with Crippen LogP contribution in [0.2, 0.25) is 0 Å². The summed E-state index contributed by atoms with van der Waals surface area (Å²) in [5.41, 5.74) is -3.93. The number of nitrogens with one attached hydrogen (secondary N) is 1. The number of likely N-dealkylation sites (tertiary alicyclic amines) is 1. The summed E-state index contributed by atoms with van der Waals surface area (Å²) in [5.74, 6) is -0.892. The molecular formula is C23H18F3N5O4S2. The molecule has 1 fully saturated rings. The molecule has 37 heavy (non-hydrogen) atoms. The molecule has 9 nitrogen and oxygen atoms in total. The number of rotatable bonds is 7. The number of anilines is 2. The molecule has 1 aliphatic heterocycles. The Morgan fingerprint density at radius 2 is 1.95 bits per heavy atom. The van der Waals surface area contributed by atoms with Crippen LogP contribution in [-0.4, -0.2) is 52.6 Å². The maximum absolute atomic E-state index is 13.1. The number of thiophene rings is 1. The van der Waals surface area contributed by atoms with Crippen LogP contribution in [0.3, 0.4) is 0 Å². The van der Waals surface area contributed by atoms with Gasteiger partial charge in [0.2, 0.25) is 11.8 Å². The number of nitrogens with zero attached hydrogens (tertiary/aromatic N) is 4. The lowest BCUT2D eigenvalue weighted by Crippen LogP contribution is -2.50. The minimum Gasteiger partial charge on any atom is -0.355 e. The van der Waals surface area contributed by atoms with Crippen molar-refractivity contribution in [3.63, 3.8) is 0 Å². The van der Waals surface area contributed by atoms with E-state index >= 15 is 0 Å². The first-order chi connectivity index (χ1) is 17.6. The van der Waals surface area contributed by atoms with E-state index in [0.29, 0.717) is 34.7 Å². The van der Waals surface area contributed by atoms with Crippen LogP contribution >= 0.6 is 11.3 Å². The van der Waals surface area contributed by atoms with E-state index in [1.807, 2.05) is 6.07 Å². The Bertz CT molecular complexity index is 1590. The fourth-order valence-corrected chi connectivity index (χ4v) is 5.11. The molecule has 1 aliphatic rings. The second kappa shape index (κ2) is 9.19. The Hall–Kier alpha value is -3.91. The summed E-state index contributed by atoms with van der Waals surface area (Å²) in [6, 6.07) is 10.4. The van der Waals surface area contributed by atoms with Gasteiger partial charge in [-0.2, -0.15) is 26.7 Å². The fraction of sp³-hybridized carbons (Fsp3) is 0.174. The molecule has 3 aromatic heterocycles. The maximum Gasteiger partial charge on any atom is 0.534 e. The second-order valence-corrected chi connectivity index (χ2v) is 10.5. The van der Waals surface area contributed by atoms with E-state index in [0.717, 1.165) is 0 Å². The summed E-state index contributed by atoms with van der Waals surface area (Å²) >= 11 is 1.19. The molecule has 0 aliphatic carbocycles. The predicted molar refractivity (Wildman–Crippen MR) is 132 cm³/mol. The van der Waals surface area contributed by atoms with Crippen LogP contribution in [-0.2, 0) is 14.9 Å². The van der Waals surface area contributed by atoms with Crippen molar-refractivity contribution in [3.05, 3.63) is 66.8 Å². The van der Waals surface area contributed by atoms with E-state index < -0.39 is 21.5 Å². The lowest BCUT2D eigenvalue weighted by molar-refractivity contribution is -0.131. The van der Waals surface area contributed by atoms with Gasteiger partial charge in [0.1, 0.15) is 5.69 Å². The summed E-state index contributed by atoms with van der Waals surface area (Å²) < 4.78 is 69.4. The average Bonchev–Trinajstić information content (AvgIpc) is 3.50. The highest BCUT2D eigenvalue weighted by molar-refractivity contribution is 7.88. The van der Waals surface area contributed by atoms with Crippen LogP contribution in [0.1, 0.15) is 6.04 Å². The smallest absolute Gasteiger partial charge is 0.355 e. The van der Waals surface area contributed by atoms with Gasteiger partial charge in [-0.1, -0.05) is 24.8 Å². The zero-order chi connectivity index (χ0) is 26.4. The number of hydrogen-bond donors (Lipinski definition) is 1. The molecule has 0 saturated carbocycles. The molecule has 192 valence electrons. The number of benzene rings is 1. The number of carbonyl (C=O) groups excluding carboxylic acids is 1. The van der Waals surface area contributed by atoms with Crippen molar-refractivity contribution in [1.82, 2.24) is 19.7 Å². The van der Waals surface area contributed by atoms with Crippen molar-refractivity contribution >= 4 is 48.8 Å². The minimum atomic E-state index is -5.96. The summed E-state index contributed by atoms with van der Waals surface area (Å²) in [6.45, 7) is 4.29. The quantitative estimate of drug-likeness (QED) is 0.202. The van der Waals surface area contributed by atoms with Gasteiger partial charge in [0, 0.05) is 30.5 Å². The molecule has 0 radical (unpaired) electrons. The number of alkyl halides is 3. The molecular weight excluding hydrogens is 531 g/mol. The van der Waals surface area contributed by atoms with Gasteiger partial charge < -0.3 is 14.4 Å². The zero-order valence-corrected chi connectivity index (χ0v) is 20.5. The van der Waals surface area contributed by atoms with Gasteiger partial charge in [-0.05, 0) is 29.7 Å². The Kier molecular flexibility index (Phi) is 6.15.